The minimum absolute atomic E-state index is 0.127. The SMILES string of the molecule is CSc1cccc2[nH]c(-c3ncccc3O)nc12. The van der Waals surface area contributed by atoms with Crippen molar-refractivity contribution in [2.24, 2.45) is 0 Å². The number of para-hydroxylation sites is 1. The monoisotopic (exact) mass is 257 g/mol. The third-order valence-electron chi connectivity index (χ3n) is 2.71. The molecule has 2 N–H and O–H groups in total. The largest absolute Gasteiger partial charge is 0.506 e. The van der Waals surface area contributed by atoms with Crippen LogP contribution in [0.3, 0.4) is 0 Å². The summed E-state index contributed by atoms with van der Waals surface area (Å²) < 4.78 is 0. The quantitative estimate of drug-likeness (QED) is 0.693. The topological polar surface area (TPSA) is 61.8 Å². The Bertz CT molecular complexity index is 708. The highest BCUT2D eigenvalue weighted by Crippen LogP contribution is 2.29. The molecule has 5 heteroatoms. The molecule has 0 aliphatic heterocycles. The molecule has 0 aliphatic carbocycles. The molecular weight excluding hydrogens is 246 g/mol. The molecule has 0 radical (unpaired) electrons. The second-order valence-corrected chi connectivity index (χ2v) is 4.66. The van der Waals surface area contributed by atoms with Crippen molar-refractivity contribution in [3.8, 4) is 17.3 Å². The first-order valence-corrected chi connectivity index (χ1v) is 6.69. The molecule has 0 bridgehead atoms. The van der Waals surface area contributed by atoms with E-state index in [4.69, 9.17) is 0 Å². The molecule has 2 aromatic heterocycles. The van der Waals surface area contributed by atoms with E-state index >= 15 is 0 Å². The van der Waals surface area contributed by atoms with Gasteiger partial charge in [-0.25, -0.2) is 9.97 Å². The average Bonchev–Trinajstić information content (AvgIpc) is 2.82. The predicted molar refractivity (Wildman–Crippen MR) is 72.8 cm³/mol. The van der Waals surface area contributed by atoms with Crippen LogP contribution in [-0.2, 0) is 0 Å². The fourth-order valence-electron chi connectivity index (χ4n) is 1.86. The summed E-state index contributed by atoms with van der Waals surface area (Å²) in [4.78, 5) is 12.9. The number of aromatic nitrogens is 3. The Labute approximate surface area is 108 Å². The van der Waals surface area contributed by atoms with E-state index in [-0.39, 0.29) is 5.75 Å². The predicted octanol–water partition coefficient (Wildman–Crippen LogP) is 3.05. The number of hydrogen-bond donors (Lipinski definition) is 2. The number of H-pyrrole nitrogens is 1. The third-order valence-corrected chi connectivity index (χ3v) is 3.48. The molecule has 90 valence electrons. The van der Waals surface area contributed by atoms with Crippen molar-refractivity contribution < 1.29 is 5.11 Å². The van der Waals surface area contributed by atoms with Crippen LogP contribution in [0.2, 0.25) is 0 Å². The smallest absolute Gasteiger partial charge is 0.161 e. The Kier molecular flexibility index (Phi) is 2.68. The van der Waals surface area contributed by atoms with Gasteiger partial charge in [0.2, 0.25) is 0 Å². The van der Waals surface area contributed by atoms with Crippen LogP contribution < -0.4 is 0 Å². The summed E-state index contributed by atoms with van der Waals surface area (Å²) in [7, 11) is 0. The van der Waals surface area contributed by atoms with Crippen molar-refractivity contribution in [1.29, 1.82) is 0 Å². The molecule has 0 unspecified atom stereocenters. The fourth-order valence-corrected chi connectivity index (χ4v) is 2.43. The van der Waals surface area contributed by atoms with Crippen molar-refractivity contribution in [2.75, 3.05) is 6.26 Å². The van der Waals surface area contributed by atoms with E-state index in [0.29, 0.717) is 11.5 Å². The number of pyridine rings is 1. The highest BCUT2D eigenvalue weighted by molar-refractivity contribution is 7.98. The Morgan fingerprint density at radius 3 is 2.89 bits per heavy atom. The molecule has 0 fully saturated rings. The molecule has 0 atom stereocenters. The molecule has 2 heterocycles. The normalized spacial score (nSPS) is 10.9. The molecule has 1 aromatic carbocycles. The van der Waals surface area contributed by atoms with E-state index in [1.54, 1.807) is 30.1 Å². The molecule has 0 amide bonds. The summed E-state index contributed by atoms with van der Waals surface area (Å²) in [6.07, 6.45) is 3.65. The zero-order valence-electron chi connectivity index (χ0n) is 9.71. The average molecular weight is 257 g/mol. The molecule has 0 saturated carbocycles. The minimum Gasteiger partial charge on any atom is -0.506 e. The number of hydrogen-bond acceptors (Lipinski definition) is 4. The molecule has 0 aliphatic rings. The number of aromatic amines is 1. The summed E-state index contributed by atoms with van der Waals surface area (Å²) >= 11 is 1.65. The molecule has 3 aromatic rings. The summed E-state index contributed by atoms with van der Waals surface area (Å²) in [5, 5.41) is 9.79. The van der Waals surface area contributed by atoms with Crippen LogP contribution in [0.5, 0.6) is 5.75 Å². The van der Waals surface area contributed by atoms with Gasteiger partial charge in [-0.3, -0.25) is 0 Å². The lowest BCUT2D eigenvalue weighted by Gasteiger charge is -1.97. The maximum atomic E-state index is 9.79. The number of benzene rings is 1. The fraction of sp³-hybridized carbons (Fsp3) is 0.0769. The summed E-state index contributed by atoms with van der Waals surface area (Å²) in [6, 6.07) is 9.26. The van der Waals surface area contributed by atoms with Crippen molar-refractivity contribution >= 4 is 22.8 Å². The number of fused-ring (bicyclic) bond motifs is 1. The van der Waals surface area contributed by atoms with Gasteiger partial charge in [-0.05, 0) is 30.5 Å². The summed E-state index contributed by atoms with van der Waals surface area (Å²) in [5.41, 5.74) is 2.33. The number of nitrogens with one attached hydrogen (secondary N) is 1. The van der Waals surface area contributed by atoms with Crippen molar-refractivity contribution in [1.82, 2.24) is 15.0 Å². The lowest BCUT2D eigenvalue weighted by molar-refractivity contribution is 0.474. The van der Waals surface area contributed by atoms with Crippen LogP contribution in [-0.4, -0.2) is 26.3 Å². The van der Waals surface area contributed by atoms with Gasteiger partial charge in [-0.15, -0.1) is 11.8 Å². The van der Waals surface area contributed by atoms with Crippen LogP contribution in [0.15, 0.2) is 41.4 Å². The summed E-state index contributed by atoms with van der Waals surface area (Å²) in [6.45, 7) is 0. The van der Waals surface area contributed by atoms with Gasteiger partial charge in [0.25, 0.3) is 0 Å². The first-order valence-electron chi connectivity index (χ1n) is 5.46. The van der Waals surface area contributed by atoms with E-state index in [9.17, 15) is 5.11 Å². The molecule has 3 rings (SSSR count). The van der Waals surface area contributed by atoms with E-state index in [1.807, 2.05) is 24.5 Å². The van der Waals surface area contributed by atoms with Crippen molar-refractivity contribution in [3.05, 3.63) is 36.5 Å². The van der Waals surface area contributed by atoms with Gasteiger partial charge in [-0.1, -0.05) is 6.07 Å². The van der Waals surface area contributed by atoms with Crippen LogP contribution in [0.4, 0.5) is 0 Å². The van der Waals surface area contributed by atoms with E-state index < -0.39 is 0 Å². The van der Waals surface area contributed by atoms with Crippen molar-refractivity contribution in [2.45, 2.75) is 4.90 Å². The van der Waals surface area contributed by atoms with E-state index in [1.165, 1.54) is 0 Å². The van der Waals surface area contributed by atoms with Crippen LogP contribution >= 0.6 is 11.8 Å². The maximum Gasteiger partial charge on any atom is 0.161 e. The van der Waals surface area contributed by atoms with E-state index in [0.717, 1.165) is 15.9 Å². The van der Waals surface area contributed by atoms with Crippen LogP contribution in [0, 0.1) is 0 Å². The Hall–Kier alpha value is -2.01. The van der Waals surface area contributed by atoms with Gasteiger partial charge in [0.15, 0.2) is 5.82 Å². The van der Waals surface area contributed by atoms with Gasteiger partial charge in [-0.2, -0.15) is 0 Å². The Morgan fingerprint density at radius 2 is 2.11 bits per heavy atom. The van der Waals surface area contributed by atoms with Gasteiger partial charge < -0.3 is 10.1 Å². The molecular formula is C13H11N3OS. The standard InChI is InChI=1S/C13H11N3OS/c1-18-10-6-2-4-8-11(10)16-13(15-8)12-9(17)5-3-7-14-12/h2-7,17H,1H3,(H,15,16). The van der Waals surface area contributed by atoms with Crippen molar-refractivity contribution in [3.63, 3.8) is 0 Å². The lowest BCUT2D eigenvalue weighted by atomic mass is 10.3. The van der Waals surface area contributed by atoms with Gasteiger partial charge in [0.05, 0.1) is 5.52 Å². The van der Waals surface area contributed by atoms with Crippen LogP contribution in [0.1, 0.15) is 0 Å². The molecule has 18 heavy (non-hydrogen) atoms. The van der Waals surface area contributed by atoms with E-state index in [2.05, 4.69) is 15.0 Å². The van der Waals surface area contributed by atoms with Gasteiger partial charge >= 0.3 is 0 Å². The maximum absolute atomic E-state index is 9.79. The first-order chi connectivity index (χ1) is 8.79. The van der Waals surface area contributed by atoms with Gasteiger partial charge in [0, 0.05) is 11.1 Å². The third kappa shape index (κ3) is 1.73. The summed E-state index contributed by atoms with van der Waals surface area (Å²) in [5.74, 6) is 0.715. The second-order valence-electron chi connectivity index (χ2n) is 3.81. The Balaban J connectivity index is 2.23. The number of thioether (sulfide) groups is 1. The number of nitrogens with zero attached hydrogens (tertiary/aromatic N) is 2. The Morgan fingerprint density at radius 1 is 1.22 bits per heavy atom. The van der Waals surface area contributed by atoms with Gasteiger partial charge in [0.1, 0.15) is 17.0 Å². The second kappa shape index (κ2) is 4.34. The highest BCUT2D eigenvalue weighted by Gasteiger charge is 2.12. The highest BCUT2D eigenvalue weighted by atomic mass is 32.2. The first kappa shape index (κ1) is 11.1. The molecule has 0 spiro atoms. The molecule has 4 nitrogen and oxygen atoms in total. The lowest BCUT2D eigenvalue weighted by Crippen LogP contribution is -1.85. The number of aromatic hydroxyl groups is 1. The zero-order valence-corrected chi connectivity index (χ0v) is 10.5. The minimum atomic E-state index is 0.127. The number of imidazole rings is 1. The number of rotatable bonds is 2. The molecule has 0 saturated heterocycles. The van der Waals surface area contributed by atoms with Crippen LogP contribution in [0.25, 0.3) is 22.6 Å². The zero-order chi connectivity index (χ0) is 12.5.